The molecule has 0 aliphatic carbocycles. The van der Waals surface area contributed by atoms with Gasteiger partial charge in [-0.2, -0.15) is 0 Å². The molecular formula is C26H25ClN4O2S. The molecule has 1 N–H and O–H groups in total. The third-order valence-corrected chi connectivity index (χ3v) is 6.53. The molecule has 6 nitrogen and oxygen atoms in total. The number of carbonyl (C=O) groups excluding carboxylic acids is 1. The van der Waals surface area contributed by atoms with Gasteiger partial charge in [-0.05, 0) is 62.2 Å². The summed E-state index contributed by atoms with van der Waals surface area (Å²) in [6.07, 6.45) is 0. The lowest BCUT2D eigenvalue weighted by atomic mass is 10.1. The van der Waals surface area contributed by atoms with Gasteiger partial charge in [0.15, 0.2) is 11.0 Å². The van der Waals surface area contributed by atoms with Crippen LogP contribution in [0.3, 0.4) is 0 Å². The molecule has 0 fully saturated rings. The summed E-state index contributed by atoms with van der Waals surface area (Å²) in [5.74, 6) is 1.32. The van der Waals surface area contributed by atoms with Gasteiger partial charge in [0.25, 0.3) is 0 Å². The van der Waals surface area contributed by atoms with Crippen molar-refractivity contribution in [1.82, 2.24) is 14.8 Å². The summed E-state index contributed by atoms with van der Waals surface area (Å²) in [6.45, 7) is 5.93. The van der Waals surface area contributed by atoms with Crippen molar-refractivity contribution in [2.24, 2.45) is 0 Å². The Hall–Kier alpha value is -3.29. The Balaban J connectivity index is 1.64. The largest absolute Gasteiger partial charge is 0.496 e. The second kappa shape index (κ2) is 10.3. The minimum Gasteiger partial charge on any atom is -0.496 e. The number of nitrogens with zero attached hydrogens (tertiary/aromatic N) is 3. The first-order valence-electron chi connectivity index (χ1n) is 10.7. The molecule has 0 atom stereocenters. The quantitative estimate of drug-likeness (QED) is 0.309. The average Bonchev–Trinajstić information content (AvgIpc) is 3.24. The second-order valence-corrected chi connectivity index (χ2v) is 9.30. The van der Waals surface area contributed by atoms with Gasteiger partial charge in [0.05, 0.1) is 29.1 Å². The van der Waals surface area contributed by atoms with Crippen LogP contribution in [-0.4, -0.2) is 33.5 Å². The van der Waals surface area contributed by atoms with Gasteiger partial charge in [-0.25, -0.2) is 0 Å². The summed E-state index contributed by atoms with van der Waals surface area (Å²) in [6, 6.07) is 19.6. The highest BCUT2D eigenvalue weighted by atomic mass is 35.5. The topological polar surface area (TPSA) is 69.0 Å². The third-order valence-electron chi connectivity index (χ3n) is 5.30. The van der Waals surface area contributed by atoms with Crippen LogP contribution >= 0.6 is 23.4 Å². The molecule has 1 aromatic heterocycles. The predicted octanol–water partition coefficient (Wildman–Crippen LogP) is 6.25. The number of aromatic nitrogens is 3. The maximum atomic E-state index is 12.8. The second-order valence-electron chi connectivity index (χ2n) is 7.95. The number of methoxy groups -OCH3 is 1. The van der Waals surface area contributed by atoms with Crippen LogP contribution in [0, 0.1) is 20.8 Å². The number of para-hydroxylation sites is 1. The van der Waals surface area contributed by atoms with E-state index in [0.29, 0.717) is 27.4 Å². The van der Waals surface area contributed by atoms with Gasteiger partial charge in [-0.1, -0.05) is 59.3 Å². The zero-order valence-corrected chi connectivity index (χ0v) is 21.0. The lowest BCUT2D eigenvalue weighted by Crippen LogP contribution is -2.16. The van der Waals surface area contributed by atoms with E-state index in [1.807, 2.05) is 86.0 Å². The van der Waals surface area contributed by atoms with Crippen LogP contribution in [0.4, 0.5) is 5.69 Å². The first-order chi connectivity index (χ1) is 16.4. The smallest absolute Gasteiger partial charge is 0.234 e. The molecule has 34 heavy (non-hydrogen) atoms. The van der Waals surface area contributed by atoms with E-state index in [1.54, 1.807) is 7.11 Å². The summed E-state index contributed by atoms with van der Waals surface area (Å²) in [4.78, 5) is 12.8. The molecule has 3 aromatic carbocycles. The van der Waals surface area contributed by atoms with Crippen LogP contribution in [0.15, 0.2) is 65.8 Å². The Morgan fingerprint density at radius 2 is 1.76 bits per heavy atom. The summed E-state index contributed by atoms with van der Waals surface area (Å²) in [5.41, 5.74) is 5.46. The van der Waals surface area contributed by atoms with Crippen LogP contribution < -0.4 is 10.1 Å². The lowest BCUT2D eigenvalue weighted by molar-refractivity contribution is -0.113. The van der Waals surface area contributed by atoms with Crippen molar-refractivity contribution in [3.8, 4) is 22.8 Å². The van der Waals surface area contributed by atoms with Crippen LogP contribution in [0.5, 0.6) is 5.75 Å². The summed E-state index contributed by atoms with van der Waals surface area (Å²) < 4.78 is 7.49. The number of ether oxygens (including phenoxy) is 1. The number of anilines is 1. The van der Waals surface area contributed by atoms with Gasteiger partial charge < -0.3 is 10.1 Å². The van der Waals surface area contributed by atoms with Gasteiger partial charge in [0.2, 0.25) is 5.91 Å². The van der Waals surface area contributed by atoms with E-state index < -0.39 is 0 Å². The van der Waals surface area contributed by atoms with Gasteiger partial charge in [0, 0.05) is 5.69 Å². The molecular weight excluding hydrogens is 468 g/mol. The predicted molar refractivity (Wildman–Crippen MR) is 138 cm³/mol. The highest BCUT2D eigenvalue weighted by molar-refractivity contribution is 7.99. The zero-order chi connectivity index (χ0) is 24.2. The van der Waals surface area contributed by atoms with E-state index in [4.69, 9.17) is 16.3 Å². The summed E-state index contributed by atoms with van der Waals surface area (Å²) in [7, 11) is 1.63. The number of halogens is 1. The Labute approximate surface area is 208 Å². The molecule has 0 unspecified atom stereocenters. The van der Waals surface area contributed by atoms with Crippen LogP contribution in [0.25, 0.3) is 17.1 Å². The number of benzene rings is 3. The normalized spacial score (nSPS) is 10.9. The molecule has 0 saturated carbocycles. The molecule has 0 radical (unpaired) electrons. The average molecular weight is 493 g/mol. The van der Waals surface area contributed by atoms with Crippen molar-refractivity contribution in [2.75, 3.05) is 18.2 Å². The minimum atomic E-state index is -0.170. The fraction of sp³-hybridized carbons (Fsp3) is 0.192. The Morgan fingerprint density at radius 3 is 2.47 bits per heavy atom. The SMILES string of the molecule is COc1ccccc1-c1nnc(SCC(=O)Nc2c(C)cc(C)cc2Cl)n1-c1ccc(C)cc1. The lowest BCUT2D eigenvalue weighted by Gasteiger charge is -2.13. The molecule has 0 aliphatic rings. The number of thioether (sulfide) groups is 1. The highest BCUT2D eigenvalue weighted by Gasteiger charge is 2.20. The van der Waals surface area contributed by atoms with Gasteiger partial charge in [-0.3, -0.25) is 9.36 Å². The maximum Gasteiger partial charge on any atom is 0.234 e. The molecule has 0 saturated heterocycles. The molecule has 4 rings (SSSR count). The van der Waals surface area contributed by atoms with E-state index in [2.05, 4.69) is 15.5 Å². The zero-order valence-electron chi connectivity index (χ0n) is 19.4. The molecule has 1 heterocycles. The van der Waals surface area contributed by atoms with Crippen molar-refractivity contribution in [3.05, 3.63) is 82.4 Å². The molecule has 1 amide bonds. The molecule has 0 aliphatic heterocycles. The fourth-order valence-electron chi connectivity index (χ4n) is 3.67. The molecule has 4 aromatic rings. The number of aryl methyl sites for hydroxylation is 3. The monoisotopic (exact) mass is 492 g/mol. The standard InChI is InChI=1S/C26H25ClN4O2S/c1-16-9-11-19(12-10-16)31-25(20-7-5-6-8-22(20)33-4)29-30-26(31)34-15-23(32)28-24-18(3)13-17(2)14-21(24)27/h5-14H,15H2,1-4H3,(H,28,32). The number of hydrogen-bond acceptors (Lipinski definition) is 5. The van der Waals surface area contributed by atoms with E-state index in [-0.39, 0.29) is 11.7 Å². The molecule has 174 valence electrons. The number of hydrogen-bond donors (Lipinski definition) is 1. The van der Waals surface area contributed by atoms with Crippen molar-refractivity contribution in [2.45, 2.75) is 25.9 Å². The van der Waals surface area contributed by atoms with E-state index in [9.17, 15) is 4.79 Å². The summed E-state index contributed by atoms with van der Waals surface area (Å²) in [5, 5.41) is 12.9. The first-order valence-corrected chi connectivity index (χ1v) is 12.1. The van der Waals surface area contributed by atoms with Crippen LogP contribution in [-0.2, 0) is 4.79 Å². The highest BCUT2D eigenvalue weighted by Crippen LogP contribution is 2.33. The molecule has 0 bridgehead atoms. The van der Waals surface area contributed by atoms with E-state index in [1.165, 1.54) is 11.8 Å². The van der Waals surface area contributed by atoms with Crippen molar-refractivity contribution in [1.29, 1.82) is 0 Å². The fourth-order valence-corrected chi connectivity index (χ4v) is 4.79. The first kappa shape index (κ1) is 23.9. The number of rotatable bonds is 7. The van der Waals surface area contributed by atoms with Crippen LogP contribution in [0.1, 0.15) is 16.7 Å². The van der Waals surface area contributed by atoms with Crippen LogP contribution in [0.2, 0.25) is 5.02 Å². The van der Waals surface area contributed by atoms with Gasteiger partial charge >= 0.3 is 0 Å². The van der Waals surface area contributed by atoms with Crippen molar-refractivity contribution in [3.63, 3.8) is 0 Å². The van der Waals surface area contributed by atoms with E-state index >= 15 is 0 Å². The summed E-state index contributed by atoms with van der Waals surface area (Å²) >= 11 is 7.66. The van der Waals surface area contributed by atoms with E-state index in [0.717, 1.165) is 27.9 Å². The van der Waals surface area contributed by atoms with Crippen molar-refractivity contribution < 1.29 is 9.53 Å². The molecule has 8 heteroatoms. The number of amides is 1. The number of nitrogens with one attached hydrogen (secondary N) is 1. The molecule has 0 spiro atoms. The van der Waals surface area contributed by atoms with Crippen molar-refractivity contribution >= 4 is 35.0 Å². The number of carbonyl (C=O) groups is 1. The minimum absolute atomic E-state index is 0.152. The Kier molecular flexibility index (Phi) is 7.24. The Bertz CT molecular complexity index is 1310. The maximum absolute atomic E-state index is 12.8. The third kappa shape index (κ3) is 5.11. The van der Waals surface area contributed by atoms with Gasteiger partial charge in [-0.15, -0.1) is 10.2 Å². The van der Waals surface area contributed by atoms with Gasteiger partial charge in [0.1, 0.15) is 5.75 Å². The Morgan fingerprint density at radius 1 is 1.03 bits per heavy atom.